The second-order valence-electron chi connectivity index (χ2n) is 5.85. The molecule has 0 bridgehead atoms. The van der Waals surface area contributed by atoms with Crippen LogP contribution in [0.4, 0.5) is 5.69 Å². The smallest absolute Gasteiger partial charge is 0.0991 e. The lowest BCUT2D eigenvalue weighted by Crippen LogP contribution is -2.01. The highest BCUT2D eigenvalue weighted by Crippen LogP contribution is 2.24. The molecular formula is C20H16ClN5. The SMILES string of the molecule is C/C(=N/Nc1ccnc2cc(Cl)ccc12)c1ccc(-n2ccnc2)cc1. The molecule has 0 aliphatic heterocycles. The molecule has 0 spiro atoms. The summed E-state index contributed by atoms with van der Waals surface area (Å²) in [5.41, 5.74) is 7.85. The minimum absolute atomic E-state index is 0.666. The zero-order chi connectivity index (χ0) is 17.9. The summed E-state index contributed by atoms with van der Waals surface area (Å²) in [6, 6.07) is 15.7. The molecule has 0 unspecified atom stereocenters. The molecule has 6 heteroatoms. The van der Waals surface area contributed by atoms with E-state index < -0.39 is 0 Å². The van der Waals surface area contributed by atoms with Crippen molar-refractivity contribution in [3.05, 3.63) is 84.0 Å². The van der Waals surface area contributed by atoms with E-state index in [1.54, 1.807) is 18.7 Å². The first-order valence-electron chi connectivity index (χ1n) is 8.14. The van der Waals surface area contributed by atoms with Gasteiger partial charge in [0.25, 0.3) is 0 Å². The van der Waals surface area contributed by atoms with Crippen molar-refractivity contribution in [2.75, 3.05) is 5.43 Å². The van der Waals surface area contributed by atoms with E-state index in [1.165, 1.54) is 0 Å². The Morgan fingerprint density at radius 2 is 1.92 bits per heavy atom. The number of hydrogen-bond acceptors (Lipinski definition) is 4. The molecule has 5 nitrogen and oxygen atoms in total. The predicted octanol–water partition coefficient (Wildman–Crippen LogP) is 4.91. The zero-order valence-corrected chi connectivity index (χ0v) is 14.9. The maximum absolute atomic E-state index is 6.03. The van der Waals surface area contributed by atoms with E-state index in [0.717, 1.165) is 33.6 Å². The molecule has 4 aromatic rings. The zero-order valence-electron chi connectivity index (χ0n) is 14.1. The maximum atomic E-state index is 6.03. The lowest BCUT2D eigenvalue weighted by atomic mass is 10.1. The number of aromatic nitrogens is 3. The third-order valence-electron chi connectivity index (χ3n) is 4.14. The molecule has 0 saturated carbocycles. The van der Waals surface area contributed by atoms with Gasteiger partial charge in [0, 0.05) is 34.7 Å². The third kappa shape index (κ3) is 3.30. The van der Waals surface area contributed by atoms with Crippen molar-refractivity contribution in [1.82, 2.24) is 14.5 Å². The van der Waals surface area contributed by atoms with Crippen LogP contribution in [0.2, 0.25) is 5.02 Å². The summed E-state index contributed by atoms with van der Waals surface area (Å²) >= 11 is 6.03. The van der Waals surface area contributed by atoms with Gasteiger partial charge in [-0.1, -0.05) is 23.7 Å². The number of nitrogens with zero attached hydrogens (tertiary/aromatic N) is 4. The summed E-state index contributed by atoms with van der Waals surface area (Å²) in [5, 5.41) is 6.16. The Morgan fingerprint density at radius 1 is 1.08 bits per heavy atom. The normalized spacial score (nSPS) is 11.7. The van der Waals surface area contributed by atoms with Crippen molar-refractivity contribution in [3.8, 4) is 5.69 Å². The lowest BCUT2D eigenvalue weighted by Gasteiger charge is -2.08. The number of hydrogen-bond donors (Lipinski definition) is 1. The average molecular weight is 362 g/mol. The van der Waals surface area contributed by atoms with E-state index in [4.69, 9.17) is 11.6 Å². The summed E-state index contributed by atoms with van der Waals surface area (Å²) in [4.78, 5) is 8.41. The first kappa shape index (κ1) is 16.3. The van der Waals surface area contributed by atoms with Gasteiger partial charge in [-0.05, 0) is 48.9 Å². The highest BCUT2D eigenvalue weighted by molar-refractivity contribution is 6.31. The number of hydrazone groups is 1. The fraction of sp³-hybridized carbons (Fsp3) is 0.0500. The Morgan fingerprint density at radius 3 is 2.69 bits per heavy atom. The number of halogens is 1. The van der Waals surface area contributed by atoms with Crippen LogP contribution in [0.1, 0.15) is 12.5 Å². The summed E-state index contributed by atoms with van der Waals surface area (Å²) in [6.45, 7) is 1.97. The first-order valence-corrected chi connectivity index (χ1v) is 8.52. The van der Waals surface area contributed by atoms with E-state index in [-0.39, 0.29) is 0 Å². The van der Waals surface area contributed by atoms with Crippen LogP contribution in [0.15, 0.2) is 78.6 Å². The third-order valence-corrected chi connectivity index (χ3v) is 4.37. The van der Waals surface area contributed by atoms with Crippen molar-refractivity contribution in [2.45, 2.75) is 6.92 Å². The molecule has 0 atom stereocenters. The average Bonchev–Trinajstić information content (AvgIpc) is 3.20. The van der Waals surface area contributed by atoms with Crippen molar-refractivity contribution in [1.29, 1.82) is 0 Å². The van der Waals surface area contributed by atoms with Gasteiger partial charge in [-0.3, -0.25) is 10.4 Å². The molecule has 0 amide bonds. The molecular weight excluding hydrogens is 346 g/mol. The van der Waals surface area contributed by atoms with Gasteiger partial charge in [0.05, 0.1) is 23.2 Å². The fourth-order valence-electron chi connectivity index (χ4n) is 2.71. The van der Waals surface area contributed by atoms with Crippen LogP contribution in [0.5, 0.6) is 0 Å². The second-order valence-corrected chi connectivity index (χ2v) is 6.28. The standard InChI is InChI=1S/C20H16ClN5/c1-14(15-2-5-17(6-3-15)26-11-10-22-13-26)24-25-19-8-9-23-20-12-16(21)4-7-18(19)20/h2-13H,1H3,(H,23,25)/b24-14-. The summed E-state index contributed by atoms with van der Waals surface area (Å²) in [6.07, 6.45) is 7.19. The topological polar surface area (TPSA) is 55.1 Å². The van der Waals surface area contributed by atoms with Crippen molar-refractivity contribution in [2.24, 2.45) is 5.10 Å². The van der Waals surface area contributed by atoms with Gasteiger partial charge in [-0.25, -0.2) is 4.98 Å². The number of fused-ring (bicyclic) bond motifs is 1. The van der Waals surface area contributed by atoms with E-state index in [0.29, 0.717) is 5.02 Å². The Bertz CT molecular complexity index is 1070. The first-order chi connectivity index (χ1) is 12.7. The van der Waals surface area contributed by atoms with E-state index in [1.807, 2.05) is 66.2 Å². The van der Waals surface area contributed by atoms with Crippen molar-refractivity contribution >= 4 is 33.9 Å². The van der Waals surface area contributed by atoms with Gasteiger partial charge in [0.15, 0.2) is 0 Å². The predicted molar refractivity (Wildman–Crippen MR) is 106 cm³/mol. The van der Waals surface area contributed by atoms with Gasteiger partial charge in [0.2, 0.25) is 0 Å². The van der Waals surface area contributed by atoms with Crippen LogP contribution in [-0.2, 0) is 0 Å². The molecule has 0 saturated heterocycles. The second kappa shape index (κ2) is 6.98. The fourth-order valence-corrected chi connectivity index (χ4v) is 2.88. The highest BCUT2D eigenvalue weighted by Gasteiger charge is 2.03. The summed E-state index contributed by atoms with van der Waals surface area (Å²) in [7, 11) is 0. The molecule has 4 rings (SSSR count). The van der Waals surface area contributed by atoms with Crippen LogP contribution in [-0.4, -0.2) is 20.2 Å². The Hall–Kier alpha value is -3.18. The van der Waals surface area contributed by atoms with Crippen LogP contribution >= 0.6 is 11.6 Å². The minimum atomic E-state index is 0.666. The molecule has 26 heavy (non-hydrogen) atoms. The molecule has 0 aliphatic carbocycles. The van der Waals surface area contributed by atoms with Gasteiger partial charge in [0.1, 0.15) is 0 Å². The minimum Gasteiger partial charge on any atom is -0.306 e. The number of anilines is 1. The number of nitrogens with one attached hydrogen (secondary N) is 1. The Kier molecular flexibility index (Phi) is 4.37. The van der Waals surface area contributed by atoms with Gasteiger partial charge < -0.3 is 4.57 Å². The molecule has 1 N–H and O–H groups in total. The van der Waals surface area contributed by atoms with Gasteiger partial charge in [-0.15, -0.1) is 0 Å². The van der Waals surface area contributed by atoms with E-state index >= 15 is 0 Å². The number of rotatable bonds is 4. The molecule has 128 valence electrons. The van der Waals surface area contributed by atoms with Crippen molar-refractivity contribution < 1.29 is 0 Å². The van der Waals surface area contributed by atoms with Crippen LogP contribution in [0, 0.1) is 0 Å². The Labute approximate surface area is 156 Å². The monoisotopic (exact) mass is 361 g/mol. The van der Waals surface area contributed by atoms with Crippen LogP contribution in [0.25, 0.3) is 16.6 Å². The van der Waals surface area contributed by atoms with E-state index in [9.17, 15) is 0 Å². The number of pyridine rings is 1. The highest BCUT2D eigenvalue weighted by atomic mass is 35.5. The molecule has 2 heterocycles. The molecule has 2 aromatic heterocycles. The van der Waals surface area contributed by atoms with E-state index in [2.05, 4.69) is 20.5 Å². The molecule has 0 radical (unpaired) electrons. The van der Waals surface area contributed by atoms with Crippen LogP contribution < -0.4 is 5.43 Å². The lowest BCUT2D eigenvalue weighted by molar-refractivity contribution is 1.06. The number of benzene rings is 2. The Balaban J connectivity index is 1.57. The summed E-state index contributed by atoms with van der Waals surface area (Å²) < 4.78 is 1.96. The maximum Gasteiger partial charge on any atom is 0.0991 e. The summed E-state index contributed by atoms with van der Waals surface area (Å²) in [5.74, 6) is 0. The molecule has 0 aliphatic rings. The largest absolute Gasteiger partial charge is 0.306 e. The van der Waals surface area contributed by atoms with Crippen LogP contribution in [0.3, 0.4) is 0 Å². The number of imidazole rings is 1. The van der Waals surface area contributed by atoms with Gasteiger partial charge in [-0.2, -0.15) is 5.10 Å². The van der Waals surface area contributed by atoms with Crippen molar-refractivity contribution in [3.63, 3.8) is 0 Å². The molecule has 2 aromatic carbocycles. The molecule has 0 fully saturated rings. The quantitative estimate of drug-likeness (QED) is 0.415. The van der Waals surface area contributed by atoms with Gasteiger partial charge >= 0.3 is 0 Å².